The third kappa shape index (κ3) is 4.24. The normalized spacial score (nSPS) is 13.2. The molecule has 0 bridgehead atoms. The van der Waals surface area contributed by atoms with Crippen molar-refractivity contribution in [2.24, 2.45) is 0 Å². The molecule has 22 heavy (non-hydrogen) atoms. The number of hydrogen-bond donors (Lipinski definition) is 2. The molecule has 0 fully saturated rings. The zero-order valence-corrected chi connectivity index (χ0v) is 13.2. The maximum Gasteiger partial charge on any atom is 0.0991 e. The second-order valence-electron chi connectivity index (χ2n) is 5.23. The number of nitriles is 1. The van der Waals surface area contributed by atoms with E-state index in [-0.39, 0.29) is 6.04 Å². The molecule has 2 aromatic rings. The number of halogens is 1. The number of nitrogens with zero attached hydrogens (tertiary/aromatic N) is 1. The Hall–Kier alpha value is -2.02. The van der Waals surface area contributed by atoms with Crippen molar-refractivity contribution in [3.63, 3.8) is 0 Å². The van der Waals surface area contributed by atoms with Crippen molar-refractivity contribution in [1.29, 1.82) is 5.26 Å². The summed E-state index contributed by atoms with van der Waals surface area (Å²) in [7, 11) is 0. The summed E-state index contributed by atoms with van der Waals surface area (Å²) in [4.78, 5) is 0. The lowest BCUT2D eigenvalue weighted by molar-refractivity contribution is 0.150. The highest BCUT2D eigenvalue weighted by Gasteiger charge is 2.20. The van der Waals surface area contributed by atoms with E-state index in [1.807, 2.05) is 30.3 Å². The Balaban J connectivity index is 2.18. The zero-order chi connectivity index (χ0) is 15.9. The van der Waals surface area contributed by atoms with Gasteiger partial charge in [-0.05, 0) is 48.4 Å². The Morgan fingerprint density at radius 3 is 2.59 bits per heavy atom. The van der Waals surface area contributed by atoms with Crippen LogP contribution < -0.4 is 5.32 Å². The van der Waals surface area contributed by atoms with Gasteiger partial charge in [0.1, 0.15) is 0 Å². The standard InChI is InChI=1S/C18H19ClN2O/c1-2-4-17(21-16-9-7-15(19)8-10-16)18(22)14-6-3-5-13(11-14)12-20/h3,5-11,17-18,21-22H,2,4H2,1H3. The number of rotatable bonds is 6. The molecule has 0 aromatic heterocycles. The number of benzene rings is 2. The molecular formula is C18H19ClN2O. The molecular weight excluding hydrogens is 296 g/mol. The molecule has 2 unspecified atom stereocenters. The number of hydrogen-bond acceptors (Lipinski definition) is 3. The monoisotopic (exact) mass is 314 g/mol. The van der Waals surface area contributed by atoms with Crippen molar-refractivity contribution in [1.82, 2.24) is 0 Å². The van der Waals surface area contributed by atoms with Crippen LogP contribution in [0.15, 0.2) is 48.5 Å². The van der Waals surface area contributed by atoms with E-state index >= 15 is 0 Å². The Labute approximate surface area is 136 Å². The molecule has 0 spiro atoms. The molecule has 0 aliphatic carbocycles. The highest BCUT2D eigenvalue weighted by molar-refractivity contribution is 6.30. The molecule has 2 N–H and O–H groups in total. The summed E-state index contributed by atoms with van der Waals surface area (Å²) >= 11 is 5.89. The van der Waals surface area contributed by atoms with Crippen molar-refractivity contribution < 1.29 is 5.11 Å². The SMILES string of the molecule is CCCC(Nc1ccc(Cl)cc1)C(O)c1cccc(C#N)c1. The van der Waals surface area contributed by atoms with Gasteiger partial charge in [-0.2, -0.15) is 5.26 Å². The van der Waals surface area contributed by atoms with Gasteiger partial charge in [-0.3, -0.25) is 0 Å². The van der Waals surface area contributed by atoms with Crippen LogP contribution in [0.25, 0.3) is 0 Å². The molecule has 0 aliphatic heterocycles. The fraction of sp³-hybridized carbons (Fsp3) is 0.278. The molecule has 0 saturated heterocycles. The van der Waals surface area contributed by atoms with Gasteiger partial charge in [0, 0.05) is 10.7 Å². The van der Waals surface area contributed by atoms with E-state index in [1.165, 1.54) is 0 Å². The van der Waals surface area contributed by atoms with Crippen LogP contribution in [-0.2, 0) is 0 Å². The van der Waals surface area contributed by atoms with Crippen LogP contribution in [0.2, 0.25) is 5.02 Å². The Morgan fingerprint density at radius 2 is 1.95 bits per heavy atom. The molecule has 2 rings (SSSR count). The first-order chi connectivity index (χ1) is 10.6. The predicted octanol–water partition coefficient (Wildman–Crippen LogP) is 4.53. The minimum absolute atomic E-state index is 0.125. The predicted molar refractivity (Wildman–Crippen MR) is 89.9 cm³/mol. The van der Waals surface area contributed by atoms with Crippen molar-refractivity contribution in [3.8, 4) is 6.07 Å². The first-order valence-corrected chi connectivity index (χ1v) is 7.72. The summed E-state index contributed by atoms with van der Waals surface area (Å²) in [6, 6.07) is 16.5. The zero-order valence-electron chi connectivity index (χ0n) is 12.5. The van der Waals surface area contributed by atoms with Gasteiger partial charge < -0.3 is 10.4 Å². The van der Waals surface area contributed by atoms with Crippen molar-refractivity contribution in [3.05, 3.63) is 64.7 Å². The smallest absolute Gasteiger partial charge is 0.0991 e. The Bertz CT molecular complexity index is 649. The number of aliphatic hydroxyl groups excluding tert-OH is 1. The molecule has 0 radical (unpaired) electrons. The molecule has 4 heteroatoms. The van der Waals surface area contributed by atoms with Crippen LogP contribution in [-0.4, -0.2) is 11.1 Å². The van der Waals surface area contributed by atoms with E-state index in [1.54, 1.807) is 18.2 Å². The maximum absolute atomic E-state index is 10.6. The summed E-state index contributed by atoms with van der Waals surface area (Å²) in [6.45, 7) is 2.08. The molecule has 2 atom stereocenters. The lowest BCUT2D eigenvalue weighted by Crippen LogP contribution is -2.27. The molecule has 3 nitrogen and oxygen atoms in total. The van der Waals surface area contributed by atoms with Gasteiger partial charge >= 0.3 is 0 Å². The van der Waals surface area contributed by atoms with Crippen molar-refractivity contribution >= 4 is 17.3 Å². The second kappa shape index (κ2) is 7.84. The van der Waals surface area contributed by atoms with Crippen LogP contribution in [0.1, 0.15) is 37.0 Å². The number of anilines is 1. The van der Waals surface area contributed by atoms with Crippen molar-refractivity contribution in [2.75, 3.05) is 5.32 Å². The van der Waals surface area contributed by atoms with E-state index in [2.05, 4.69) is 18.3 Å². The topological polar surface area (TPSA) is 56.0 Å². The summed E-state index contributed by atoms with van der Waals surface area (Å²) in [6.07, 6.45) is 1.09. The lowest BCUT2D eigenvalue weighted by atomic mass is 9.97. The first-order valence-electron chi connectivity index (χ1n) is 7.34. The van der Waals surface area contributed by atoms with Gasteiger partial charge in [0.05, 0.1) is 23.8 Å². The largest absolute Gasteiger partial charge is 0.386 e. The summed E-state index contributed by atoms with van der Waals surface area (Å²) in [5.74, 6) is 0. The first kappa shape index (κ1) is 16.4. The molecule has 2 aromatic carbocycles. The quantitative estimate of drug-likeness (QED) is 0.824. The Kier molecular flexibility index (Phi) is 5.83. The van der Waals surface area contributed by atoms with Crippen LogP contribution in [0, 0.1) is 11.3 Å². The minimum Gasteiger partial charge on any atom is -0.386 e. The van der Waals surface area contributed by atoms with Gasteiger partial charge in [-0.1, -0.05) is 37.1 Å². The van der Waals surface area contributed by atoms with E-state index < -0.39 is 6.10 Å². The van der Waals surface area contributed by atoms with Crippen LogP contribution in [0.4, 0.5) is 5.69 Å². The molecule has 0 saturated carbocycles. The average molecular weight is 315 g/mol. The molecule has 0 amide bonds. The van der Waals surface area contributed by atoms with Gasteiger partial charge in [0.25, 0.3) is 0 Å². The fourth-order valence-corrected chi connectivity index (χ4v) is 2.53. The molecule has 0 heterocycles. The Morgan fingerprint density at radius 1 is 1.23 bits per heavy atom. The van der Waals surface area contributed by atoms with Gasteiger partial charge in [-0.25, -0.2) is 0 Å². The maximum atomic E-state index is 10.6. The van der Waals surface area contributed by atoms with Crippen molar-refractivity contribution in [2.45, 2.75) is 31.9 Å². The van der Waals surface area contributed by atoms with E-state index in [9.17, 15) is 5.11 Å². The van der Waals surface area contributed by atoms with Gasteiger partial charge in [-0.15, -0.1) is 0 Å². The summed E-state index contributed by atoms with van der Waals surface area (Å²) < 4.78 is 0. The van der Waals surface area contributed by atoms with Crippen LogP contribution >= 0.6 is 11.6 Å². The number of nitrogens with one attached hydrogen (secondary N) is 1. The average Bonchev–Trinajstić information content (AvgIpc) is 2.56. The van der Waals surface area contributed by atoms with Crippen LogP contribution in [0.5, 0.6) is 0 Å². The lowest BCUT2D eigenvalue weighted by Gasteiger charge is -2.25. The third-order valence-electron chi connectivity index (χ3n) is 3.53. The summed E-state index contributed by atoms with van der Waals surface area (Å²) in [5, 5.41) is 23.7. The number of aliphatic hydroxyl groups is 1. The third-order valence-corrected chi connectivity index (χ3v) is 3.79. The van der Waals surface area contributed by atoms with Gasteiger partial charge in [0.15, 0.2) is 0 Å². The fourth-order valence-electron chi connectivity index (χ4n) is 2.40. The molecule has 0 aliphatic rings. The van der Waals surface area contributed by atoms with Crippen LogP contribution in [0.3, 0.4) is 0 Å². The minimum atomic E-state index is -0.677. The highest BCUT2D eigenvalue weighted by Crippen LogP contribution is 2.25. The van der Waals surface area contributed by atoms with E-state index in [0.29, 0.717) is 10.6 Å². The van der Waals surface area contributed by atoms with E-state index in [4.69, 9.17) is 16.9 Å². The summed E-state index contributed by atoms with van der Waals surface area (Å²) in [5.41, 5.74) is 2.22. The molecule has 114 valence electrons. The second-order valence-corrected chi connectivity index (χ2v) is 5.66. The highest BCUT2D eigenvalue weighted by atomic mass is 35.5. The van der Waals surface area contributed by atoms with Gasteiger partial charge in [0.2, 0.25) is 0 Å². The van der Waals surface area contributed by atoms with E-state index in [0.717, 1.165) is 24.1 Å².